The van der Waals surface area contributed by atoms with E-state index in [0.717, 1.165) is 17.1 Å². The number of anilines is 2. The van der Waals surface area contributed by atoms with Crippen molar-refractivity contribution in [2.24, 2.45) is 34.6 Å². The third-order valence-electron chi connectivity index (χ3n) is 7.23. The molecule has 0 saturated carbocycles. The zero-order valence-corrected chi connectivity index (χ0v) is 30.5. The average Bonchev–Trinajstić information content (AvgIpc) is 3.69. The van der Waals surface area contributed by atoms with Gasteiger partial charge in [0.15, 0.2) is 23.0 Å². The number of nitrogen functional groups attached to an aromatic ring is 2. The molecule has 0 aliphatic rings. The molecule has 0 saturated heterocycles. The van der Waals surface area contributed by atoms with Crippen LogP contribution in [-0.2, 0) is 35.8 Å². The second-order valence-corrected chi connectivity index (χ2v) is 15.6. The summed E-state index contributed by atoms with van der Waals surface area (Å²) >= 11 is 0. The van der Waals surface area contributed by atoms with Gasteiger partial charge in [0.05, 0.1) is 22.8 Å². The zero-order valence-electron chi connectivity index (χ0n) is 30.5. The molecule has 0 aromatic carbocycles. The molecule has 0 atom stereocenters. The first kappa shape index (κ1) is 39.8. The van der Waals surface area contributed by atoms with Gasteiger partial charge in [0, 0.05) is 35.8 Å². The number of aromatic nitrogens is 8. The van der Waals surface area contributed by atoms with Gasteiger partial charge in [-0.3, -0.25) is 14.9 Å². The number of hydrogen-bond donors (Lipinski definition) is 4. The third kappa shape index (κ3) is 8.56. The predicted molar refractivity (Wildman–Crippen MR) is 192 cm³/mol. The summed E-state index contributed by atoms with van der Waals surface area (Å²) in [5, 5.41) is 58.6. The highest BCUT2D eigenvalue weighted by Gasteiger charge is 2.29. The van der Waals surface area contributed by atoms with Crippen molar-refractivity contribution in [3.05, 3.63) is 33.9 Å². The number of nitrogens with two attached hydrogens (primary N) is 2. The molecule has 0 radical (unpaired) electrons. The van der Waals surface area contributed by atoms with Crippen molar-refractivity contribution >= 4 is 34.6 Å². The molecule has 0 amide bonds. The van der Waals surface area contributed by atoms with Crippen molar-refractivity contribution in [3.63, 3.8) is 0 Å². The zero-order chi connectivity index (χ0) is 36.6. The van der Waals surface area contributed by atoms with Gasteiger partial charge < -0.3 is 11.5 Å². The lowest BCUT2D eigenvalue weighted by atomic mass is 9.89. The van der Waals surface area contributed by atoms with Crippen LogP contribution in [0.2, 0.25) is 0 Å². The summed E-state index contributed by atoms with van der Waals surface area (Å²) in [6.07, 6.45) is 0. The molecule has 0 aliphatic heterocycles. The monoisotopic (exact) mass is 672 g/mol. The van der Waals surface area contributed by atoms with Gasteiger partial charge in [0.25, 0.3) is 0 Å². The SMILES string of the molecule is C.CC(C)(C)c1[nH]nc(N=Nc2c(N)n[nH]c2C(C)(C)C)c1C#N.Cn1nc(C(C)(C)C)c(N=Nc2c(C#N)c(C(C)(C)C)nn2C)c1N. The van der Waals surface area contributed by atoms with Crippen LogP contribution in [0.4, 0.5) is 34.6 Å². The quantitative estimate of drug-likeness (QED) is 0.155. The first-order valence-electron chi connectivity index (χ1n) is 15.4. The molecule has 4 aromatic heterocycles. The average molecular weight is 673 g/mol. The van der Waals surface area contributed by atoms with Gasteiger partial charge >= 0.3 is 0 Å². The molecular weight excluding hydrogens is 620 g/mol. The van der Waals surface area contributed by atoms with E-state index in [1.807, 2.05) is 83.1 Å². The van der Waals surface area contributed by atoms with Gasteiger partial charge in [-0.05, 0) is 0 Å². The van der Waals surface area contributed by atoms with Crippen LogP contribution in [0, 0.1) is 22.7 Å². The summed E-state index contributed by atoms with van der Waals surface area (Å²) in [5.41, 5.74) is 15.8. The Labute approximate surface area is 289 Å². The Hall–Kier alpha value is -5.38. The molecule has 0 unspecified atom stereocenters. The van der Waals surface area contributed by atoms with Crippen molar-refractivity contribution in [2.45, 2.75) is 112 Å². The Bertz CT molecular complexity index is 1920. The lowest BCUT2D eigenvalue weighted by Gasteiger charge is -2.16. The lowest BCUT2D eigenvalue weighted by Crippen LogP contribution is -2.14. The normalized spacial score (nSPS) is 12.5. The number of hydrogen-bond acceptors (Lipinski definition) is 12. The first-order valence-corrected chi connectivity index (χ1v) is 15.4. The van der Waals surface area contributed by atoms with Gasteiger partial charge in [0.1, 0.15) is 29.1 Å². The van der Waals surface area contributed by atoms with Crippen LogP contribution in [0.15, 0.2) is 20.5 Å². The van der Waals surface area contributed by atoms with E-state index in [4.69, 9.17) is 11.5 Å². The highest BCUT2D eigenvalue weighted by Crippen LogP contribution is 2.38. The maximum Gasteiger partial charge on any atom is 0.213 e. The van der Waals surface area contributed by atoms with E-state index in [2.05, 4.69) is 63.2 Å². The Morgan fingerprint density at radius 3 is 1.59 bits per heavy atom. The topological polar surface area (TPSA) is 242 Å². The van der Waals surface area contributed by atoms with Gasteiger partial charge in [-0.1, -0.05) is 90.5 Å². The van der Waals surface area contributed by atoms with E-state index < -0.39 is 0 Å². The van der Waals surface area contributed by atoms with Crippen molar-refractivity contribution in [3.8, 4) is 12.1 Å². The van der Waals surface area contributed by atoms with Crippen molar-refractivity contribution < 1.29 is 0 Å². The van der Waals surface area contributed by atoms with E-state index >= 15 is 0 Å². The highest BCUT2D eigenvalue weighted by atomic mass is 15.4. The van der Waals surface area contributed by atoms with E-state index in [1.165, 1.54) is 0 Å². The summed E-state index contributed by atoms with van der Waals surface area (Å²) in [5.74, 6) is 1.36. The fraction of sp³-hybridized carbons (Fsp3) is 0.576. The maximum atomic E-state index is 9.57. The number of nitriles is 2. The third-order valence-corrected chi connectivity index (χ3v) is 7.23. The summed E-state index contributed by atoms with van der Waals surface area (Å²) < 4.78 is 3.16. The van der Waals surface area contributed by atoms with Crippen LogP contribution in [-0.4, -0.2) is 40.0 Å². The number of H-pyrrole nitrogens is 2. The van der Waals surface area contributed by atoms with Crippen molar-refractivity contribution in [2.75, 3.05) is 11.5 Å². The Kier molecular flexibility index (Phi) is 11.4. The Morgan fingerprint density at radius 1 is 0.612 bits per heavy atom. The molecule has 264 valence electrons. The molecule has 4 heterocycles. The number of aryl methyl sites for hydroxylation is 2. The minimum atomic E-state index is -0.263. The fourth-order valence-electron chi connectivity index (χ4n) is 4.61. The van der Waals surface area contributed by atoms with Crippen LogP contribution in [0.1, 0.15) is 124 Å². The lowest BCUT2D eigenvalue weighted by molar-refractivity contribution is 0.552. The summed E-state index contributed by atoms with van der Waals surface area (Å²) in [6, 6.07) is 4.34. The van der Waals surface area contributed by atoms with Crippen molar-refractivity contribution in [1.29, 1.82) is 10.5 Å². The smallest absolute Gasteiger partial charge is 0.213 e. The van der Waals surface area contributed by atoms with E-state index in [-0.39, 0.29) is 40.7 Å². The largest absolute Gasteiger partial charge is 0.382 e. The van der Waals surface area contributed by atoms with Gasteiger partial charge in [-0.25, -0.2) is 4.68 Å². The molecule has 4 rings (SSSR count). The summed E-state index contributed by atoms with van der Waals surface area (Å²) in [4.78, 5) is 0. The number of nitrogens with one attached hydrogen (secondary N) is 2. The van der Waals surface area contributed by atoms with Crippen molar-refractivity contribution in [1.82, 2.24) is 40.0 Å². The standard InChI is InChI=1S/C17H26N8.C15H22N8.CH4/c1-16(2,3)12-10(9-18)15(25(8)22-12)21-20-11-13(17(4,5)6)23-24(7)14(11)19;1-14(2,3)10-8(7-16)13(23-19-10)22-18-9-11(15(4,5)6)20-21-12(9)17;/h19H2,1-8H3;1-6H3,(H,19,23)(H3,17,20,21);1H4. The molecule has 0 aliphatic carbocycles. The summed E-state index contributed by atoms with van der Waals surface area (Å²) in [7, 11) is 3.52. The van der Waals surface area contributed by atoms with Gasteiger partial charge in [0.2, 0.25) is 5.82 Å². The first-order chi connectivity index (χ1) is 21.9. The number of azo groups is 2. The second-order valence-electron chi connectivity index (χ2n) is 15.6. The number of aromatic amines is 2. The second kappa shape index (κ2) is 14.0. The molecule has 0 bridgehead atoms. The molecule has 4 aromatic rings. The van der Waals surface area contributed by atoms with Crippen LogP contribution < -0.4 is 11.5 Å². The molecule has 16 nitrogen and oxygen atoms in total. The summed E-state index contributed by atoms with van der Waals surface area (Å²) in [6.45, 7) is 24.2. The molecule has 6 N–H and O–H groups in total. The Balaban J connectivity index is 0.000000334. The van der Waals surface area contributed by atoms with E-state index in [0.29, 0.717) is 39.8 Å². The van der Waals surface area contributed by atoms with Crippen LogP contribution in [0.3, 0.4) is 0 Å². The van der Waals surface area contributed by atoms with E-state index in [1.54, 1.807) is 23.5 Å². The fourth-order valence-corrected chi connectivity index (χ4v) is 4.61. The molecule has 0 fully saturated rings. The molecule has 49 heavy (non-hydrogen) atoms. The number of rotatable bonds is 4. The highest BCUT2D eigenvalue weighted by molar-refractivity contribution is 5.64. The van der Waals surface area contributed by atoms with Gasteiger partial charge in [-0.2, -0.15) is 30.9 Å². The van der Waals surface area contributed by atoms with Crippen LogP contribution in [0.25, 0.3) is 0 Å². The van der Waals surface area contributed by atoms with Gasteiger partial charge in [-0.15, -0.1) is 20.5 Å². The van der Waals surface area contributed by atoms with Crippen LogP contribution >= 0.6 is 0 Å². The Morgan fingerprint density at radius 2 is 1.10 bits per heavy atom. The predicted octanol–water partition coefficient (Wildman–Crippen LogP) is 7.85. The molecular formula is C33H52N16. The minimum Gasteiger partial charge on any atom is -0.382 e. The van der Waals surface area contributed by atoms with E-state index in [9.17, 15) is 10.5 Å². The molecule has 16 heteroatoms. The maximum absolute atomic E-state index is 9.57. The molecule has 0 spiro atoms. The number of nitrogens with zero attached hydrogens (tertiary/aromatic N) is 12. The van der Waals surface area contributed by atoms with Crippen LogP contribution in [0.5, 0.6) is 0 Å². The minimum absolute atomic E-state index is 0.